The van der Waals surface area contributed by atoms with Crippen LogP contribution in [0.1, 0.15) is 12.5 Å². The van der Waals surface area contributed by atoms with E-state index in [1.54, 1.807) is 13.3 Å². The highest BCUT2D eigenvalue weighted by Crippen LogP contribution is 2.18. The maximum Gasteiger partial charge on any atom is 0.126 e. The number of hydrogen-bond donors (Lipinski definition) is 1. The first kappa shape index (κ1) is 14.3. The monoisotopic (exact) mass is 271 g/mol. The molecule has 0 spiro atoms. The molecule has 4 heteroatoms. The number of nitrogens with zero attached hydrogens (tertiary/aromatic N) is 2. The first-order valence-electron chi connectivity index (χ1n) is 6.80. The van der Waals surface area contributed by atoms with Crippen LogP contribution in [0, 0.1) is 0 Å². The lowest BCUT2D eigenvalue weighted by molar-refractivity contribution is 0.414. The lowest BCUT2D eigenvalue weighted by atomic mass is 10.2. The summed E-state index contributed by atoms with van der Waals surface area (Å²) in [6, 6.07) is 10.3. The van der Waals surface area contributed by atoms with E-state index in [1.807, 2.05) is 41.2 Å². The van der Waals surface area contributed by atoms with E-state index in [0.29, 0.717) is 6.04 Å². The van der Waals surface area contributed by atoms with Crippen molar-refractivity contribution in [2.75, 3.05) is 13.7 Å². The fourth-order valence-electron chi connectivity index (χ4n) is 2.01. The van der Waals surface area contributed by atoms with Crippen LogP contribution in [0.5, 0.6) is 5.75 Å². The number of hydrogen-bond acceptors (Lipinski definition) is 3. The van der Waals surface area contributed by atoms with E-state index in [-0.39, 0.29) is 0 Å². The molecule has 1 aromatic heterocycles. The number of benzene rings is 1. The van der Waals surface area contributed by atoms with Gasteiger partial charge in [-0.15, -0.1) is 0 Å². The van der Waals surface area contributed by atoms with Gasteiger partial charge in [0.15, 0.2) is 0 Å². The lowest BCUT2D eigenvalue weighted by Crippen LogP contribution is -2.30. The molecule has 2 rings (SSSR count). The molecule has 1 heterocycles. The van der Waals surface area contributed by atoms with E-state index < -0.39 is 0 Å². The van der Waals surface area contributed by atoms with Gasteiger partial charge in [-0.3, -0.25) is 4.68 Å². The van der Waals surface area contributed by atoms with Crippen molar-refractivity contribution in [1.82, 2.24) is 15.1 Å². The standard InChI is InChI=1S/C16H21N3O/c1-14(13-19-12-6-11-18-19)17-10-5-8-15-7-3-4-9-16(15)20-2/h3-9,11-12,14,17H,10,13H2,1-2H3/b8-5+/t14-/m0/s1. The summed E-state index contributed by atoms with van der Waals surface area (Å²) >= 11 is 0. The van der Waals surface area contributed by atoms with Gasteiger partial charge < -0.3 is 10.1 Å². The van der Waals surface area contributed by atoms with Gasteiger partial charge in [0.1, 0.15) is 5.75 Å². The number of rotatable bonds is 7. The Bertz CT molecular complexity index is 534. The Balaban J connectivity index is 1.78. The Morgan fingerprint density at radius 1 is 1.35 bits per heavy atom. The molecule has 1 atom stereocenters. The summed E-state index contributed by atoms with van der Waals surface area (Å²) in [6.07, 6.45) is 7.96. The topological polar surface area (TPSA) is 39.1 Å². The van der Waals surface area contributed by atoms with E-state index >= 15 is 0 Å². The molecule has 4 nitrogen and oxygen atoms in total. The van der Waals surface area contributed by atoms with E-state index in [1.165, 1.54) is 0 Å². The fourth-order valence-corrected chi connectivity index (χ4v) is 2.01. The molecule has 20 heavy (non-hydrogen) atoms. The minimum absolute atomic E-state index is 0.372. The SMILES string of the molecule is COc1ccccc1/C=C/CN[C@@H](C)Cn1cccn1. The Morgan fingerprint density at radius 3 is 2.95 bits per heavy atom. The first-order valence-corrected chi connectivity index (χ1v) is 6.80. The molecule has 106 valence electrons. The van der Waals surface area contributed by atoms with Gasteiger partial charge in [-0.2, -0.15) is 5.10 Å². The summed E-state index contributed by atoms with van der Waals surface area (Å²) in [5.74, 6) is 0.897. The summed E-state index contributed by atoms with van der Waals surface area (Å²) in [4.78, 5) is 0. The molecule has 1 N–H and O–H groups in total. The smallest absolute Gasteiger partial charge is 0.126 e. The summed E-state index contributed by atoms with van der Waals surface area (Å²) < 4.78 is 7.24. The van der Waals surface area contributed by atoms with Crippen LogP contribution in [-0.4, -0.2) is 29.5 Å². The molecular formula is C16H21N3O. The quantitative estimate of drug-likeness (QED) is 0.841. The Labute approximate surface area is 120 Å². The Hall–Kier alpha value is -2.07. The minimum atomic E-state index is 0.372. The summed E-state index contributed by atoms with van der Waals surface area (Å²) in [5.41, 5.74) is 1.09. The largest absolute Gasteiger partial charge is 0.496 e. The molecule has 0 fully saturated rings. The molecule has 2 aromatic rings. The molecule has 0 aliphatic carbocycles. The molecule has 0 radical (unpaired) electrons. The van der Waals surface area contributed by atoms with Crippen molar-refractivity contribution in [3.63, 3.8) is 0 Å². The zero-order valence-corrected chi connectivity index (χ0v) is 12.0. The van der Waals surface area contributed by atoms with Gasteiger partial charge >= 0.3 is 0 Å². The van der Waals surface area contributed by atoms with Crippen molar-refractivity contribution in [1.29, 1.82) is 0 Å². The zero-order chi connectivity index (χ0) is 14.2. The van der Waals surface area contributed by atoms with Crippen LogP contribution >= 0.6 is 0 Å². The Kier molecular flexibility index (Phi) is 5.38. The Morgan fingerprint density at radius 2 is 2.20 bits per heavy atom. The highest BCUT2D eigenvalue weighted by Gasteiger charge is 2.01. The van der Waals surface area contributed by atoms with Crippen molar-refractivity contribution in [3.8, 4) is 5.75 Å². The van der Waals surface area contributed by atoms with Crippen LogP contribution in [-0.2, 0) is 6.54 Å². The van der Waals surface area contributed by atoms with Crippen molar-refractivity contribution >= 4 is 6.08 Å². The van der Waals surface area contributed by atoms with Crippen LogP contribution in [0.4, 0.5) is 0 Å². The molecule has 0 aliphatic rings. The van der Waals surface area contributed by atoms with Gasteiger partial charge in [0, 0.05) is 30.5 Å². The van der Waals surface area contributed by atoms with Gasteiger partial charge in [0.05, 0.1) is 13.7 Å². The second-order valence-corrected chi connectivity index (χ2v) is 4.68. The van der Waals surface area contributed by atoms with Gasteiger partial charge in [-0.05, 0) is 19.1 Å². The van der Waals surface area contributed by atoms with Gasteiger partial charge in [0.25, 0.3) is 0 Å². The van der Waals surface area contributed by atoms with Crippen LogP contribution < -0.4 is 10.1 Å². The highest BCUT2D eigenvalue weighted by molar-refractivity contribution is 5.57. The average Bonchev–Trinajstić information content (AvgIpc) is 2.97. The molecule has 0 aliphatic heterocycles. The van der Waals surface area contributed by atoms with Crippen molar-refractivity contribution in [3.05, 3.63) is 54.4 Å². The maximum atomic E-state index is 5.31. The number of ether oxygens (including phenoxy) is 1. The van der Waals surface area contributed by atoms with Crippen molar-refractivity contribution in [2.45, 2.75) is 19.5 Å². The maximum absolute atomic E-state index is 5.31. The number of nitrogens with one attached hydrogen (secondary N) is 1. The van der Waals surface area contributed by atoms with Crippen molar-refractivity contribution in [2.24, 2.45) is 0 Å². The third-order valence-corrected chi connectivity index (χ3v) is 3.04. The number of aromatic nitrogens is 2. The average molecular weight is 271 g/mol. The predicted octanol–water partition coefficient (Wildman–Crippen LogP) is 2.58. The summed E-state index contributed by atoms with van der Waals surface area (Å²) in [6.45, 7) is 3.84. The van der Waals surface area contributed by atoms with Crippen LogP contribution in [0.3, 0.4) is 0 Å². The molecule has 0 saturated carbocycles. The molecule has 0 saturated heterocycles. The molecule has 0 amide bonds. The molecule has 1 aromatic carbocycles. The normalized spacial score (nSPS) is 12.7. The van der Waals surface area contributed by atoms with Crippen LogP contribution in [0.25, 0.3) is 6.08 Å². The third kappa shape index (κ3) is 4.24. The molecular weight excluding hydrogens is 250 g/mol. The van der Waals surface area contributed by atoms with Gasteiger partial charge in [0.2, 0.25) is 0 Å². The molecule has 0 bridgehead atoms. The predicted molar refractivity (Wildman–Crippen MR) is 81.7 cm³/mol. The fraction of sp³-hybridized carbons (Fsp3) is 0.312. The second kappa shape index (κ2) is 7.50. The highest BCUT2D eigenvalue weighted by atomic mass is 16.5. The first-order chi connectivity index (χ1) is 9.79. The van der Waals surface area contributed by atoms with E-state index in [2.05, 4.69) is 29.5 Å². The van der Waals surface area contributed by atoms with Gasteiger partial charge in [-0.1, -0.05) is 30.4 Å². The van der Waals surface area contributed by atoms with Crippen LogP contribution in [0.15, 0.2) is 48.8 Å². The molecule has 0 unspecified atom stereocenters. The lowest BCUT2D eigenvalue weighted by Gasteiger charge is -2.12. The van der Waals surface area contributed by atoms with E-state index in [0.717, 1.165) is 24.4 Å². The summed E-state index contributed by atoms with van der Waals surface area (Å²) in [7, 11) is 1.69. The minimum Gasteiger partial charge on any atom is -0.496 e. The summed E-state index contributed by atoms with van der Waals surface area (Å²) in [5, 5.41) is 7.64. The zero-order valence-electron chi connectivity index (χ0n) is 12.0. The van der Waals surface area contributed by atoms with Gasteiger partial charge in [-0.25, -0.2) is 0 Å². The number of para-hydroxylation sites is 1. The second-order valence-electron chi connectivity index (χ2n) is 4.68. The van der Waals surface area contributed by atoms with E-state index in [9.17, 15) is 0 Å². The third-order valence-electron chi connectivity index (χ3n) is 3.04. The number of methoxy groups -OCH3 is 1. The van der Waals surface area contributed by atoms with E-state index in [4.69, 9.17) is 4.74 Å². The van der Waals surface area contributed by atoms with Crippen LogP contribution in [0.2, 0.25) is 0 Å². The van der Waals surface area contributed by atoms with Crippen molar-refractivity contribution < 1.29 is 4.74 Å².